The Hall–Kier alpha value is -2.83. The van der Waals surface area contributed by atoms with Gasteiger partial charge in [0, 0.05) is 36.0 Å². The molecule has 10 nitrogen and oxygen atoms in total. The summed E-state index contributed by atoms with van der Waals surface area (Å²) in [5.41, 5.74) is 1.19. The Morgan fingerprint density at radius 3 is 2.42 bits per heavy atom. The molecule has 1 aromatic carbocycles. The maximum absolute atomic E-state index is 13.1. The van der Waals surface area contributed by atoms with Crippen LogP contribution in [0.4, 0.5) is 10.7 Å². The minimum Gasteiger partial charge on any atom is -0.465 e. The van der Waals surface area contributed by atoms with Gasteiger partial charge < -0.3 is 10.1 Å². The summed E-state index contributed by atoms with van der Waals surface area (Å²) >= 11 is 1.29. The number of benzene rings is 1. The van der Waals surface area contributed by atoms with E-state index in [1.165, 1.54) is 34.9 Å². The Morgan fingerprint density at radius 2 is 1.85 bits per heavy atom. The van der Waals surface area contributed by atoms with E-state index in [1.807, 2.05) is 6.92 Å². The summed E-state index contributed by atoms with van der Waals surface area (Å²) < 4.78 is 32.3. The van der Waals surface area contributed by atoms with Crippen LogP contribution in [0.5, 0.6) is 0 Å². The molecule has 0 spiro atoms. The second-order valence-electron chi connectivity index (χ2n) is 7.85. The number of nitro benzene ring substituents is 1. The van der Waals surface area contributed by atoms with Crippen molar-refractivity contribution in [3.05, 3.63) is 49.9 Å². The molecule has 1 aliphatic heterocycles. The van der Waals surface area contributed by atoms with Crippen molar-refractivity contribution in [3.8, 4) is 0 Å². The van der Waals surface area contributed by atoms with Gasteiger partial charge in [0.1, 0.15) is 5.00 Å². The summed E-state index contributed by atoms with van der Waals surface area (Å²) in [5, 5.41) is 14.3. The molecule has 1 amide bonds. The van der Waals surface area contributed by atoms with E-state index in [9.17, 15) is 28.1 Å². The molecule has 0 atom stereocenters. The number of non-ortho nitro benzene ring substituents is 1. The normalized spacial score (nSPS) is 15.3. The molecule has 0 aliphatic carbocycles. The van der Waals surface area contributed by atoms with Crippen LogP contribution >= 0.6 is 11.3 Å². The van der Waals surface area contributed by atoms with E-state index in [0.29, 0.717) is 16.1 Å². The number of hydrogen-bond acceptors (Lipinski definition) is 8. The molecule has 33 heavy (non-hydrogen) atoms. The molecule has 1 fully saturated rings. The fourth-order valence-corrected chi connectivity index (χ4v) is 6.52. The van der Waals surface area contributed by atoms with Gasteiger partial charge in [-0.25, -0.2) is 13.2 Å². The van der Waals surface area contributed by atoms with Gasteiger partial charge in [0.15, 0.2) is 0 Å². The second kappa shape index (κ2) is 9.57. The highest BCUT2D eigenvalue weighted by molar-refractivity contribution is 7.89. The number of nitro groups is 1. The molecule has 1 N–H and O–H groups in total. The third kappa shape index (κ3) is 4.92. The molecule has 1 aliphatic rings. The van der Waals surface area contributed by atoms with E-state index in [2.05, 4.69) is 5.32 Å². The van der Waals surface area contributed by atoms with Crippen molar-refractivity contribution < 1.29 is 27.7 Å². The SMILES string of the molecule is COC(=O)c1c(NC(=O)C2CCN(S(=O)(=O)c3cc([N+](=O)[O-])ccc3C)CC2)sc(C)c1C. The number of carbonyl (C=O) groups excluding carboxylic acids is 2. The smallest absolute Gasteiger partial charge is 0.341 e. The lowest BCUT2D eigenvalue weighted by atomic mass is 9.97. The molecule has 1 saturated heterocycles. The highest BCUT2D eigenvalue weighted by Gasteiger charge is 2.34. The first-order valence-electron chi connectivity index (χ1n) is 10.2. The Balaban J connectivity index is 1.72. The number of rotatable bonds is 6. The predicted molar refractivity (Wildman–Crippen MR) is 123 cm³/mol. The highest BCUT2D eigenvalue weighted by Crippen LogP contribution is 2.34. The topological polar surface area (TPSA) is 136 Å². The molecular formula is C21H25N3O7S2. The van der Waals surface area contributed by atoms with E-state index < -0.39 is 26.8 Å². The van der Waals surface area contributed by atoms with Crippen LogP contribution in [0, 0.1) is 36.8 Å². The van der Waals surface area contributed by atoms with Crippen LogP contribution in [0.2, 0.25) is 0 Å². The summed E-state index contributed by atoms with van der Waals surface area (Å²) in [7, 11) is -2.66. The molecule has 12 heteroatoms. The number of sulfonamides is 1. The number of amides is 1. The van der Waals surface area contributed by atoms with Crippen LogP contribution in [-0.2, 0) is 19.6 Å². The van der Waals surface area contributed by atoms with Crippen molar-refractivity contribution in [3.63, 3.8) is 0 Å². The van der Waals surface area contributed by atoms with Crippen molar-refractivity contribution in [2.45, 2.75) is 38.5 Å². The lowest BCUT2D eigenvalue weighted by molar-refractivity contribution is -0.385. The van der Waals surface area contributed by atoms with Gasteiger partial charge >= 0.3 is 5.97 Å². The first-order chi connectivity index (χ1) is 15.5. The van der Waals surface area contributed by atoms with Gasteiger partial charge in [0.05, 0.1) is 22.5 Å². The first-order valence-corrected chi connectivity index (χ1v) is 12.5. The van der Waals surface area contributed by atoms with Gasteiger partial charge in [-0.3, -0.25) is 14.9 Å². The molecule has 0 unspecified atom stereocenters. The van der Waals surface area contributed by atoms with Crippen molar-refractivity contribution in [2.24, 2.45) is 5.92 Å². The zero-order valence-electron chi connectivity index (χ0n) is 18.7. The zero-order chi connectivity index (χ0) is 24.5. The summed E-state index contributed by atoms with van der Waals surface area (Å²) in [6, 6.07) is 3.75. The first kappa shape index (κ1) is 24.8. The van der Waals surface area contributed by atoms with Gasteiger partial charge in [0.2, 0.25) is 15.9 Å². The van der Waals surface area contributed by atoms with Crippen LogP contribution in [0.3, 0.4) is 0 Å². The fourth-order valence-electron chi connectivity index (χ4n) is 3.75. The minimum absolute atomic E-state index is 0.105. The summed E-state index contributed by atoms with van der Waals surface area (Å²) in [6.07, 6.45) is 0.575. The summed E-state index contributed by atoms with van der Waals surface area (Å²) in [4.78, 5) is 36.2. The highest BCUT2D eigenvalue weighted by atomic mass is 32.2. The largest absolute Gasteiger partial charge is 0.465 e. The van der Waals surface area contributed by atoms with Crippen LogP contribution in [0.15, 0.2) is 23.1 Å². The average molecular weight is 496 g/mol. The maximum atomic E-state index is 13.1. The molecule has 2 aromatic rings. The number of thiophene rings is 1. The molecule has 3 rings (SSSR count). The Labute approximate surface area is 195 Å². The maximum Gasteiger partial charge on any atom is 0.341 e. The predicted octanol–water partition coefficient (Wildman–Crippen LogP) is 3.41. The van der Waals surface area contributed by atoms with E-state index in [0.717, 1.165) is 16.5 Å². The number of nitrogens with zero attached hydrogens (tertiary/aromatic N) is 2. The number of methoxy groups -OCH3 is 1. The van der Waals surface area contributed by atoms with Crippen molar-refractivity contribution in [2.75, 3.05) is 25.5 Å². The number of esters is 1. The van der Waals surface area contributed by atoms with Gasteiger partial charge in [-0.1, -0.05) is 6.07 Å². The van der Waals surface area contributed by atoms with Crippen molar-refractivity contribution in [1.82, 2.24) is 4.31 Å². The van der Waals surface area contributed by atoms with E-state index >= 15 is 0 Å². The molecule has 178 valence electrons. The number of anilines is 1. The van der Waals surface area contributed by atoms with Crippen LogP contribution in [0.25, 0.3) is 0 Å². The summed E-state index contributed by atoms with van der Waals surface area (Å²) in [6.45, 7) is 5.43. The van der Waals surface area contributed by atoms with E-state index in [-0.39, 0.29) is 42.4 Å². The van der Waals surface area contributed by atoms with Crippen molar-refractivity contribution in [1.29, 1.82) is 0 Å². The van der Waals surface area contributed by atoms with Crippen LogP contribution in [0.1, 0.15) is 39.2 Å². The standard InChI is InChI=1S/C21H25N3O7S2/c1-12-5-6-16(24(27)28)11-17(12)33(29,30)23-9-7-15(8-10-23)19(25)22-20-18(21(26)31-4)13(2)14(3)32-20/h5-6,11,15H,7-10H2,1-4H3,(H,22,25). The molecule has 1 aromatic heterocycles. The lowest BCUT2D eigenvalue weighted by Crippen LogP contribution is -2.41. The third-order valence-electron chi connectivity index (χ3n) is 5.84. The molecule has 0 bridgehead atoms. The Kier molecular flexibility index (Phi) is 7.20. The number of nitrogens with one attached hydrogen (secondary N) is 1. The van der Waals surface area contributed by atoms with Gasteiger partial charge in [-0.15, -0.1) is 11.3 Å². The zero-order valence-corrected chi connectivity index (χ0v) is 20.3. The lowest BCUT2D eigenvalue weighted by Gasteiger charge is -2.30. The number of piperidine rings is 1. The molecule has 0 radical (unpaired) electrons. The number of carbonyl (C=O) groups is 2. The van der Waals surface area contributed by atoms with Gasteiger partial charge in [-0.2, -0.15) is 4.31 Å². The monoisotopic (exact) mass is 495 g/mol. The van der Waals surface area contributed by atoms with Gasteiger partial charge in [-0.05, 0) is 44.7 Å². The number of ether oxygens (including phenoxy) is 1. The summed E-state index contributed by atoms with van der Waals surface area (Å²) in [5.74, 6) is -1.25. The Morgan fingerprint density at radius 1 is 1.21 bits per heavy atom. The van der Waals surface area contributed by atoms with Crippen LogP contribution < -0.4 is 5.32 Å². The van der Waals surface area contributed by atoms with Crippen LogP contribution in [-0.4, -0.2) is 49.7 Å². The average Bonchev–Trinajstić information content (AvgIpc) is 3.06. The third-order valence-corrected chi connectivity index (χ3v) is 9.00. The second-order valence-corrected chi connectivity index (χ2v) is 11.0. The Bertz CT molecular complexity index is 1210. The number of hydrogen-bond donors (Lipinski definition) is 1. The van der Waals surface area contributed by atoms with E-state index in [4.69, 9.17) is 4.74 Å². The van der Waals surface area contributed by atoms with E-state index in [1.54, 1.807) is 13.8 Å². The number of aryl methyl sites for hydroxylation is 2. The van der Waals surface area contributed by atoms with Crippen molar-refractivity contribution >= 4 is 43.9 Å². The fraction of sp³-hybridized carbons (Fsp3) is 0.429. The van der Waals surface area contributed by atoms with Gasteiger partial charge in [0.25, 0.3) is 5.69 Å². The quantitative estimate of drug-likeness (QED) is 0.368. The molecular weight excluding hydrogens is 470 g/mol. The molecule has 2 heterocycles. The molecule has 0 saturated carbocycles. The minimum atomic E-state index is -3.94.